The average molecular weight is 424 g/mol. The van der Waals surface area contributed by atoms with Crippen molar-refractivity contribution >= 4 is 29.2 Å². The van der Waals surface area contributed by atoms with Crippen LogP contribution in [0.4, 0.5) is 11.4 Å². The van der Waals surface area contributed by atoms with Crippen molar-refractivity contribution in [2.45, 2.75) is 33.1 Å². The Morgan fingerprint density at radius 1 is 1.06 bits per heavy atom. The molecule has 1 N–H and O–H groups in total. The number of esters is 1. The Labute approximate surface area is 182 Å². The summed E-state index contributed by atoms with van der Waals surface area (Å²) in [6, 6.07) is 14.7. The van der Waals surface area contributed by atoms with Crippen molar-refractivity contribution in [3.05, 3.63) is 54.1 Å². The molecular weight excluding hydrogens is 396 g/mol. The summed E-state index contributed by atoms with van der Waals surface area (Å²) in [6.07, 6.45) is 1.89. The summed E-state index contributed by atoms with van der Waals surface area (Å²) in [5, 5.41) is 2.70. The molecule has 1 atom stereocenters. The summed E-state index contributed by atoms with van der Waals surface area (Å²) in [5.74, 6) is -0.968. The molecule has 1 aliphatic heterocycles. The first-order chi connectivity index (χ1) is 15.0. The number of carbonyl (C=O) groups is 3. The monoisotopic (exact) mass is 424 g/mol. The van der Waals surface area contributed by atoms with Gasteiger partial charge in [0.2, 0.25) is 5.91 Å². The van der Waals surface area contributed by atoms with E-state index in [4.69, 9.17) is 9.47 Å². The Morgan fingerprint density at radius 2 is 1.77 bits per heavy atom. The molecule has 0 aromatic heterocycles. The van der Waals surface area contributed by atoms with Gasteiger partial charge in [0.25, 0.3) is 5.91 Å². The van der Waals surface area contributed by atoms with E-state index in [-0.39, 0.29) is 25.5 Å². The number of anilines is 2. The van der Waals surface area contributed by atoms with Crippen LogP contribution in [-0.2, 0) is 25.5 Å². The number of nitrogens with zero attached hydrogens (tertiary/aromatic N) is 1. The fourth-order valence-corrected chi connectivity index (χ4v) is 3.33. The number of rotatable bonds is 9. The smallest absolute Gasteiger partial charge is 0.311 e. The highest BCUT2D eigenvalue weighted by Crippen LogP contribution is 2.27. The molecule has 2 aromatic carbocycles. The highest BCUT2D eigenvalue weighted by molar-refractivity contribution is 6.00. The topological polar surface area (TPSA) is 84.9 Å². The SMILES string of the molecule is CCCOc1ccc(N2C[C@@H](C(=O)OCC(=O)Nc3ccc(CC)cc3)CC2=O)cc1. The van der Waals surface area contributed by atoms with Gasteiger partial charge in [0.05, 0.1) is 12.5 Å². The molecule has 7 nitrogen and oxygen atoms in total. The molecule has 1 saturated heterocycles. The first kappa shape index (κ1) is 22.3. The fourth-order valence-electron chi connectivity index (χ4n) is 3.33. The fraction of sp³-hybridized carbons (Fsp3) is 0.375. The maximum absolute atomic E-state index is 12.4. The van der Waals surface area contributed by atoms with Crippen molar-refractivity contribution in [1.29, 1.82) is 0 Å². The number of hydrogen-bond donors (Lipinski definition) is 1. The van der Waals surface area contributed by atoms with Crippen LogP contribution < -0.4 is 15.0 Å². The molecule has 0 aliphatic carbocycles. The first-order valence-corrected chi connectivity index (χ1v) is 10.6. The maximum atomic E-state index is 12.4. The highest BCUT2D eigenvalue weighted by Gasteiger charge is 2.36. The van der Waals surface area contributed by atoms with E-state index in [2.05, 4.69) is 12.2 Å². The average Bonchev–Trinajstić information content (AvgIpc) is 3.18. The quantitative estimate of drug-likeness (QED) is 0.622. The normalized spacial score (nSPS) is 15.6. The van der Waals surface area contributed by atoms with E-state index in [1.165, 1.54) is 5.56 Å². The minimum absolute atomic E-state index is 0.0625. The molecule has 1 aliphatic rings. The van der Waals surface area contributed by atoms with Crippen molar-refractivity contribution < 1.29 is 23.9 Å². The standard InChI is InChI=1S/C24H28N2O5/c1-3-13-30-21-11-9-20(10-12-21)26-15-18(14-23(26)28)24(29)31-16-22(27)25-19-7-5-17(4-2)6-8-19/h5-12,18H,3-4,13-16H2,1-2H3,(H,25,27)/t18-/m0/s1. The third-order valence-corrected chi connectivity index (χ3v) is 5.07. The lowest BCUT2D eigenvalue weighted by molar-refractivity contribution is -0.151. The molecular formula is C24H28N2O5. The van der Waals surface area contributed by atoms with E-state index >= 15 is 0 Å². The zero-order valence-corrected chi connectivity index (χ0v) is 17.9. The number of nitrogens with one attached hydrogen (secondary N) is 1. The lowest BCUT2D eigenvalue weighted by Gasteiger charge is -2.17. The van der Waals surface area contributed by atoms with Gasteiger partial charge >= 0.3 is 5.97 Å². The molecule has 1 fully saturated rings. The van der Waals surface area contributed by atoms with Crippen molar-refractivity contribution in [3.8, 4) is 5.75 Å². The Bertz CT molecular complexity index is 909. The van der Waals surface area contributed by atoms with Gasteiger partial charge in [0, 0.05) is 24.3 Å². The van der Waals surface area contributed by atoms with Crippen molar-refractivity contribution in [1.82, 2.24) is 0 Å². The zero-order chi connectivity index (χ0) is 22.2. The minimum atomic E-state index is -0.597. The third kappa shape index (κ3) is 6.07. The molecule has 0 bridgehead atoms. The molecule has 1 heterocycles. The van der Waals surface area contributed by atoms with E-state index in [1.807, 2.05) is 31.2 Å². The second-order valence-electron chi connectivity index (χ2n) is 7.45. The van der Waals surface area contributed by atoms with Gasteiger partial charge < -0.3 is 19.7 Å². The lowest BCUT2D eigenvalue weighted by Crippen LogP contribution is -2.28. The van der Waals surface area contributed by atoms with Crippen LogP contribution in [0.5, 0.6) is 5.75 Å². The Hall–Kier alpha value is -3.35. The molecule has 31 heavy (non-hydrogen) atoms. The van der Waals surface area contributed by atoms with Crippen molar-refractivity contribution in [3.63, 3.8) is 0 Å². The summed E-state index contributed by atoms with van der Waals surface area (Å²) in [6.45, 7) is 4.56. The summed E-state index contributed by atoms with van der Waals surface area (Å²) in [5.41, 5.74) is 2.52. The Balaban J connectivity index is 1.48. The van der Waals surface area contributed by atoms with Crippen LogP contribution in [-0.4, -0.2) is 37.5 Å². The lowest BCUT2D eigenvalue weighted by atomic mass is 10.1. The molecule has 0 spiro atoms. The van der Waals surface area contributed by atoms with Gasteiger partial charge in [-0.3, -0.25) is 14.4 Å². The van der Waals surface area contributed by atoms with Crippen LogP contribution in [0, 0.1) is 5.92 Å². The largest absolute Gasteiger partial charge is 0.494 e. The van der Waals surface area contributed by atoms with Gasteiger partial charge in [-0.1, -0.05) is 26.0 Å². The summed E-state index contributed by atoms with van der Waals surface area (Å²) in [4.78, 5) is 38.4. The Kier molecular flexibility index (Phi) is 7.65. The molecule has 164 valence electrons. The van der Waals surface area contributed by atoms with Gasteiger partial charge in [0.1, 0.15) is 5.75 Å². The van der Waals surface area contributed by atoms with E-state index in [0.29, 0.717) is 18.0 Å². The number of benzene rings is 2. The molecule has 7 heteroatoms. The van der Waals surface area contributed by atoms with E-state index in [1.54, 1.807) is 29.2 Å². The predicted molar refractivity (Wildman–Crippen MR) is 118 cm³/mol. The Morgan fingerprint density at radius 3 is 2.42 bits per heavy atom. The van der Waals surface area contributed by atoms with Crippen LogP contribution in [0.15, 0.2) is 48.5 Å². The van der Waals surface area contributed by atoms with E-state index < -0.39 is 17.8 Å². The van der Waals surface area contributed by atoms with Crippen LogP contribution in [0.3, 0.4) is 0 Å². The number of hydrogen-bond acceptors (Lipinski definition) is 5. The predicted octanol–water partition coefficient (Wildman–Crippen LogP) is 3.57. The summed E-state index contributed by atoms with van der Waals surface area (Å²) in [7, 11) is 0. The molecule has 0 unspecified atom stereocenters. The third-order valence-electron chi connectivity index (χ3n) is 5.07. The molecule has 3 rings (SSSR count). The molecule has 0 radical (unpaired) electrons. The van der Waals surface area contributed by atoms with Gasteiger partial charge in [-0.05, 0) is 54.8 Å². The maximum Gasteiger partial charge on any atom is 0.311 e. The second-order valence-corrected chi connectivity index (χ2v) is 7.45. The van der Waals surface area contributed by atoms with Crippen LogP contribution in [0.2, 0.25) is 0 Å². The minimum Gasteiger partial charge on any atom is -0.494 e. The number of carbonyl (C=O) groups excluding carboxylic acids is 3. The number of amides is 2. The summed E-state index contributed by atoms with van der Waals surface area (Å²) >= 11 is 0. The second kappa shape index (κ2) is 10.6. The van der Waals surface area contributed by atoms with Crippen LogP contribution in [0.1, 0.15) is 32.3 Å². The molecule has 2 aromatic rings. The van der Waals surface area contributed by atoms with Gasteiger partial charge in [-0.25, -0.2) is 0 Å². The molecule has 0 saturated carbocycles. The highest BCUT2D eigenvalue weighted by atomic mass is 16.5. The van der Waals surface area contributed by atoms with E-state index in [9.17, 15) is 14.4 Å². The van der Waals surface area contributed by atoms with Gasteiger partial charge in [-0.2, -0.15) is 0 Å². The van der Waals surface area contributed by atoms with Crippen molar-refractivity contribution in [2.24, 2.45) is 5.92 Å². The number of ether oxygens (including phenoxy) is 2. The van der Waals surface area contributed by atoms with Crippen molar-refractivity contribution in [2.75, 3.05) is 30.0 Å². The molecule has 2 amide bonds. The van der Waals surface area contributed by atoms with Gasteiger partial charge in [-0.15, -0.1) is 0 Å². The number of aryl methyl sites for hydroxylation is 1. The van der Waals surface area contributed by atoms with E-state index in [0.717, 1.165) is 18.6 Å². The van der Waals surface area contributed by atoms with Gasteiger partial charge in [0.15, 0.2) is 6.61 Å². The first-order valence-electron chi connectivity index (χ1n) is 10.6. The summed E-state index contributed by atoms with van der Waals surface area (Å²) < 4.78 is 10.7. The van der Waals surface area contributed by atoms with Crippen LogP contribution >= 0.6 is 0 Å². The zero-order valence-electron chi connectivity index (χ0n) is 17.9. The van der Waals surface area contributed by atoms with Crippen LogP contribution in [0.25, 0.3) is 0 Å².